The van der Waals surface area contributed by atoms with Gasteiger partial charge < -0.3 is 15.0 Å². The molecule has 0 aliphatic heterocycles. The molecule has 4 rings (SSSR count). The molecular formula is C25H20ClF3N2O2. The van der Waals surface area contributed by atoms with Gasteiger partial charge in [0.05, 0.1) is 17.7 Å². The molecule has 0 radical (unpaired) electrons. The van der Waals surface area contributed by atoms with Gasteiger partial charge in [0.15, 0.2) is 0 Å². The van der Waals surface area contributed by atoms with Crippen molar-refractivity contribution in [3.8, 4) is 5.75 Å². The number of rotatable bonds is 6. The third kappa shape index (κ3) is 4.98. The summed E-state index contributed by atoms with van der Waals surface area (Å²) >= 11 is 5.84. The summed E-state index contributed by atoms with van der Waals surface area (Å²) in [5.41, 5.74) is 1.46. The van der Waals surface area contributed by atoms with Crippen LogP contribution in [0.15, 0.2) is 72.9 Å². The van der Waals surface area contributed by atoms with Gasteiger partial charge in [0, 0.05) is 35.1 Å². The first kappa shape index (κ1) is 22.7. The summed E-state index contributed by atoms with van der Waals surface area (Å²) in [6.07, 6.45) is -2.97. The lowest BCUT2D eigenvalue weighted by Crippen LogP contribution is -2.17. The zero-order valence-corrected chi connectivity index (χ0v) is 18.3. The predicted molar refractivity (Wildman–Crippen MR) is 123 cm³/mol. The fourth-order valence-electron chi connectivity index (χ4n) is 3.84. The molecule has 1 amide bonds. The maximum Gasteiger partial charge on any atom is 0.417 e. The Morgan fingerprint density at radius 1 is 1.09 bits per heavy atom. The monoisotopic (exact) mass is 472 g/mol. The number of H-pyrrole nitrogens is 1. The first-order valence-electron chi connectivity index (χ1n) is 10.1. The van der Waals surface area contributed by atoms with E-state index in [0.29, 0.717) is 22.6 Å². The van der Waals surface area contributed by atoms with Gasteiger partial charge in [-0.15, -0.1) is 0 Å². The molecule has 0 saturated carbocycles. The summed E-state index contributed by atoms with van der Waals surface area (Å²) in [6, 6.07) is 18.0. The standard InChI is InChI=1S/C25H20ClF3N2O2/c1-33-17-8-10-23-19(12-17)20(14-30-23)18(13-24(32)31-16-5-3-2-4-6-16)15-7-9-22(26)21(11-15)25(27,28)29/h2-12,14,18,30H,13H2,1H3,(H,31,32)/t18-/m0/s1. The van der Waals surface area contributed by atoms with E-state index in [2.05, 4.69) is 10.3 Å². The molecule has 3 aromatic carbocycles. The molecule has 4 nitrogen and oxygen atoms in total. The van der Waals surface area contributed by atoms with E-state index in [1.54, 1.807) is 42.6 Å². The van der Waals surface area contributed by atoms with E-state index in [-0.39, 0.29) is 17.4 Å². The van der Waals surface area contributed by atoms with Gasteiger partial charge in [-0.1, -0.05) is 35.9 Å². The molecule has 0 saturated heterocycles. The van der Waals surface area contributed by atoms with E-state index >= 15 is 0 Å². The molecule has 0 aliphatic rings. The van der Waals surface area contributed by atoms with Crippen LogP contribution in [-0.4, -0.2) is 18.0 Å². The fourth-order valence-corrected chi connectivity index (χ4v) is 4.06. The molecule has 1 atom stereocenters. The molecule has 0 bridgehead atoms. The minimum Gasteiger partial charge on any atom is -0.497 e. The first-order chi connectivity index (χ1) is 15.8. The number of amides is 1. The smallest absolute Gasteiger partial charge is 0.417 e. The number of carbonyl (C=O) groups excluding carboxylic acids is 1. The Morgan fingerprint density at radius 3 is 2.55 bits per heavy atom. The number of methoxy groups -OCH3 is 1. The third-order valence-corrected chi connectivity index (χ3v) is 5.77. The van der Waals surface area contributed by atoms with Gasteiger partial charge in [-0.3, -0.25) is 4.79 Å². The van der Waals surface area contributed by atoms with Gasteiger partial charge >= 0.3 is 6.18 Å². The minimum atomic E-state index is -4.62. The van der Waals surface area contributed by atoms with Crippen LogP contribution < -0.4 is 10.1 Å². The second-order valence-electron chi connectivity index (χ2n) is 7.56. The Morgan fingerprint density at radius 2 is 1.85 bits per heavy atom. The van der Waals surface area contributed by atoms with Gasteiger partial charge in [-0.2, -0.15) is 13.2 Å². The van der Waals surface area contributed by atoms with Crippen LogP contribution in [0.5, 0.6) is 5.75 Å². The van der Waals surface area contributed by atoms with Gasteiger partial charge in [-0.05, 0) is 53.6 Å². The van der Waals surface area contributed by atoms with Crippen molar-refractivity contribution in [3.63, 3.8) is 0 Å². The van der Waals surface area contributed by atoms with Crippen LogP contribution in [0.1, 0.15) is 29.0 Å². The summed E-state index contributed by atoms with van der Waals surface area (Å²) in [5, 5.41) is 3.18. The van der Waals surface area contributed by atoms with Crippen molar-refractivity contribution in [1.82, 2.24) is 4.98 Å². The van der Waals surface area contributed by atoms with Crippen LogP contribution in [0.25, 0.3) is 10.9 Å². The minimum absolute atomic E-state index is 0.0714. The molecule has 8 heteroatoms. The molecule has 0 spiro atoms. The number of aromatic nitrogens is 1. The van der Waals surface area contributed by atoms with E-state index in [9.17, 15) is 18.0 Å². The van der Waals surface area contributed by atoms with Crippen LogP contribution >= 0.6 is 11.6 Å². The van der Waals surface area contributed by atoms with Crippen LogP contribution in [0.3, 0.4) is 0 Å². The normalized spacial score (nSPS) is 12.5. The van der Waals surface area contributed by atoms with E-state index in [1.807, 2.05) is 12.1 Å². The molecular weight excluding hydrogens is 453 g/mol. The van der Waals surface area contributed by atoms with Crippen molar-refractivity contribution in [2.45, 2.75) is 18.5 Å². The number of aromatic amines is 1. The second-order valence-corrected chi connectivity index (χ2v) is 7.97. The van der Waals surface area contributed by atoms with Crippen molar-refractivity contribution in [3.05, 3.63) is 94.6 Å². The molecule has 4 aromatic rings. The predicted octanol–water partition coefficient (Wildman–Crippen LogP) is 7.01. The zero-order chi connectivity index (χ0) is 23.6. The fraction of sp³-hybridized carbons (Fsp3) is 0.160. The summed E-state index contributed by atoms with van der Waals surface area (Å²) in [4.78, 5) is 16.0. The highest BCUT2D eigenvalue weighted by Gasteiger charge is 2.34. The number of ether oxygens (including phenoxy) is 1. The highest BCUT2D eigenvalue weighted by Crippen LogP contribution is 2.40. The summed E-state index contributed by atoms with van der Waals surface area (Å²) in [5.74, 6) is -0.386. The zero-order valence-electron chi connectivity index (χ0n) is 17.5. The molecule has 0 aliphatic carbocycles. The highest BCUT2D eigenvalue weighted by molar-refractivity contribution is 6.31. The largest absolute Gasteiger partial charge is 0.497 e. The molecule has 0 fully saturated rings. The Kier molecular flexibility index (Phi) is 6.33. The number of para-hydroxylation sites is 1. The lowest BCUT2D eigenvalue weighted by atomic mass is 9.87. The quantitative estimate of drug-likeness (QED) is 0.317. The van der Waals surface area contributed by atoms with E-state index < -0.39 is 17.7 Å². The lowest BCUT2D eigenvalue weighted by molar-refractivity contribution is -0.137. The second kappa shape index (κ2) is 9.19. The van der Waals surface area contributed by atoms with E-state index in [0.717, 1.165) is 17.0 Å². The number of fused-ring (bicyclic) bond motifs is 1. The number of nitrogens with one attached hydrogen (secondary N) is 2. The molecule has 1 heterocycles. The molecule has 1 aromatic heterocycles. The Hall–Kier alpha value is -3.45. The SMILES string of the molecule is COc1ccc2[nH]cc([C@@H](CC(=O)Nc3ccccc3)c3ccc(Cl)c(C(F)(F)F)c3)c2c1. The highest BCUT2D eigenvalue weighted by atomic mass is 35.5. The van der Waals surface area contributed by atoms with Crippen molar-refractivity contribution >= 4 is 34.1 Å². The average molecular weight is 473 g/mol. The van der Waals surface area contributed by atoms with Crippen molar-refractivity contribution in [2.75, 3.05) is 12.4 Å². The molecule has 33 heavy (non-hydrogen) atoms. The maximum atomic E-state index is 13.5. The van der Waals surface area contributed by atoms with Gasteiger partial charge in [0.1, 0.15) is 5.75 Å². The number of alkyl halides is 3. The van der Waals surface area contributed by atoms with Crippen molar-refractivity contribution in [1.29, 1.82) is 0 Å². The number of benzene rings is 3. The van der Waals surface area contributed by atoms with Crippen molar-refractivity contribution < 1.29 is 22.7 Å². The lowest BCUT2D eigenvalue weighted by Gasteiger charge is -2.19. The molecule has 0 unspecified atom stereocenters. The topological polar surface area (TPSA) is 54.1 Å². The average Bonchev–Trinajstić information content (AvgIpc) is 3.20. The Bertz CT molecular complexity index is 1290. The van der Waals surface area contributed by atoms with Gasteiger partial charge in [-0.25, -0.2) is 0 Å². The van der Waals surface area contributed by atoms with Crippen LogP contribution in [0.2, 0.25) is 5.02 Å². The Labute approximate surface area is 193 Å². The van der Waals surface area contributed by atoms with Crippen LogP contribution in [0, 0.1) is 0 Å². The number of halogens is 4. The number of hydrogen-bond donors (Lipinski definition) is 2. The summed E-state index contributed by atoms with van der Waals surface area (Å²) in [7, 11) is 1.53. The van der Waals surface area contributed by atoms with Gasteiger partial charge in [0.2, 0.25) is 5.91 Å². The van der Waals surface area contributed by atoms with Crippen LogP contribution in [0.4, 0.5) is 18.9 Å². The Balaban J connectivity index is 1.79. The van der Waals surface area contributed by atoms with E-state index in [1.165, 1.54) is 19.2 Å². The van der Waals surface area contributed by atoms with Gasteiger partial charge in [0.25, 0.3) is 0 Å². The maximum absolute atomic E-state index is 13.5. The van der Waals surface area contributed by atoms with Crippen LogP contribution in [-0.2, 0) is 11.0 Å². The number of anilines is 1. The third-order valence-electron chi connectivity index (χ3n) is 5.44. The molecule has 170 valence electrons. The summed E-state index contributed by atoms with van der Waals surface area (Å²) < 4.78 is 46.0. The number of hydrogen-bond acceptors (Lipinski definition) is 2. The summed E-state index contributed by atoms with van der Waals surface area (Å²) in [6.45, 7) is 0. The first-order valence-corrected chi connectivity index (χ1v) is 10.5. The van der Waals surface area contributed by atoms with E-state index in [4.69, 9.17) is 16.3 Å². The van der Waals surface area contributed by atoms with Crippen molar-refractivity contribution in [2.24, 2.45) is 0 Å². The number of carbonyl (C=O) groups is 1. The molecule has 2 N–H and O–H groups in total.